The van der Waals surface area contributed by atoms with E-state index in [0.717, 1.165) is 0 Å². The normalized spacial score (nSPS) is 16.6. The third kappa shape index (κ3) is 3.68. The Bertz CT molecular complexity index is 706. The Hall–Kier alpha value is -2.76. The second kappa shape index (κ2) is 7.88. The summed E-state index contributed by atoms with van der Waals surface area (Å²) in [5, 5.41) is 0. The highest BCUT2D eigenvalue weighted by atomic mass is 16.5. The lowest BCUT2D eigenvalue weighted by Gasteiger charge is -2.19. The SMILES string of the molecule is C=CCC1=C(OC(C)=O)CC(c2c(OC)cc(OC)cc2OC)C1=O. The van der Waals surface area contributed by atoms with Gasteiger partial charge >= 0.3 is 5.97 Å². The van der Waals surface area contributed by atoms with Crippen LogP contribution in [0.3, 0.4) is 0 Å². The molecule has 0 aliphatic heterocycles. The van der Waals surface area contributed by atoms with E-state index in [2.05, 4.69) is 6.58 Å². The molecule has 134 valence electrons. The summed E-state index contributed by atoms with van der Waals surface area (Å²) in [5.41, 5.74) is 1.06. The second-order valence-corrected chi connectivity index (χ2v) is 5.55. The third-order valence-electron chi connectivity index (χ3n) is 4.06. The van der Waals surface area contributed by atoms with E-state index in [-0.39, 0.29) is 12.2 Å². The van der Waals surface area contributed by atoms with Gasteiger partial charge in [-0.3, -0.25) is 9.59 Å². The average Bonchev–Trinajstić information content (AvgIpc) is 2.89. The molecule has 0 bridgehead atoms. The van der Waals surface area contributed by atoms with Crippen molar-refractivity contribution in [1.29, 1.82) is 0 Å². The van der Waals surface area contributed by atoms with Crippen LogP contribution in [0, 0.1) is 0 Å². The predicted octanol–water partition coefficient (Wildman–Crippen LogP) is 3.16. The zero-order valence-electron chi connectivity index (χ0n) is 14.9. The van der Waals surface area contributed by atoms with Crippen molar-refractivity contribution >= 4 is 11.8 Å². The standard InChI is InChI=1S/C19H22O6/c1-6-7-13-15(25-11(2)20)10-14(19(13)21)18-16(23-4)8-12(22-3)9-17(18)24-5/h6,8-9,14H,1,7,10H2,2-5H3. The van der Waals surface area contributed by atoms with Crippen LogP contribution in [-0.4, -0.2) is 33.1 Å². The van der Waals surface area contributed by atoms with Crippen LogP contribution in [0.15, 0.2) is 36.1 Å². The van der Waals surface area contributed by atoms with Gasteiger partial charge in [0.1, 0.15) is 23.0 Å². The highest BCUT2D eigenvalue weighted by Gasteiger charge is 2.38. The summed E-state index contributed by atoms with van der Waals surface area (Å²) in [5.74, 6) is 0.759. The topological polar surface area (TPSA) is 71.1 Å². The molecule has 25 heavy (non-hydrogen) atoms. The van der Waals surface area contributed by atoms with E-state index in [1.54, 1.807) is 18.2 Å². The Balaban J connectivity index is 2.51. The Kier molecular flexibility index (Phi) is 5.85. The Morgan fingerprint density at radius 1 is 1.20 bits per heavy atom. The number of carbonyl (C=O) groups is 2. The monoisotopic (exact) mass is 346 g/mol. The van der Waals surface area contributed by atoms with Crippen LogP contribution in [0.4, 0.5) is 0 Å². The molecule has 0 N–H and O–H groups in total. The zero-order valence-corrected chi connectivity index (χ0v) is 14.9. The van der Waals surface area contributed by atoms with Crippen molar-refractivity contribution in [2.45, 2.75) is 25.7 Å². The first kappa shape index (κ1) is 18.6. The molecular formula is C19H22O6. The van der Waals surface area contributed by atoms with Gasteiger partial charge in [0.25, 0.3) is 0 Å². The fourth-order valence-electron chi connectivity index (χ4n) is 2.99. The molecule has 0 fully saturated rings. The van der Waals surface area contributed by atoms with E-state index in [1.807, 2.05) is 0 Å². The first-order chi connectivity index (χ1) is 12.0. The second-order valence-electron chi connectivity index (χ2n) is 5.55. The number of ether oxygens (including phenoxy) is 4. The number of allylic oxidation sites excluding steroid dienone is 3. The molecule has 0 aromatic heterocycles. The maximum atomic E-state index is 12.9. The first-order valence-corrected chi connectivity index (χ1v) is 7.82. The van der Waals surface area contributed by atoms with Crippen LogP contribution < -0.4 is 14.2 Å². The fraction of sp³-hybridized carbons (Fsp3) is 0.368. The van der Waals surface area contributed by atoms with E-state index >= 15 is 0 Å². The number of hydrogen-bond donors (Lipinski definition) is 0. The number of Topliss-reactive ketones (excluding diaryl/α,β-unsaturated/α-hetero) is 1. The number of benzene rings is 1. The number of hydrogen-bond acceptors (Lipinski definition) is 6. The Morgan fingerprint density at radius 2 is 1.80 bits per heavy atom. The molecule has 2 rings (SSSR count). The Labute approximate surface area is 147 Å². The van der Waals surface area contributed by atoms with Crippen LogP contribution >= 0.6 is 0 Å². The van der Waals surface area contributed by atoms with Crippen LogP contribution in [0.1, 0.15) is 31.2 Å². The van der Waals surface area contributed by atoms with Crippen LogP contribution in [0.25, 0.3) is 0 Å². The first-order valence-electron chi connectivity index (χ1n) is 7.82. The Morgan fingerprint density at radius 3 is 2.24 bits per heavy atom. The van der Waals surface area contributed by atoms with Gasteiger partial charge in [0.2, 0.25) is 0 Å². The lowest BCUT2D eigenvalue weighted by atomic mass is 9.92. The number of rotatable bonds is 7. The molecule has 1 aromatic carbocycles. The van der Waals surface area contributed by atoms with Crippen molar-refractivity contribution in [3.8, 4) is 17.2 Å². The van der Waals surface area contributed by atoms with Gasteiger partial charge in [0.15, 0.2) is 5.78 Å². The van der Waals surface area contributed by atoms with Gasteiger partial charge in [-0.1, -0.05) is 6.08 Å². The van der Waals surface area contributed by atoms with E-state index < -0.39 is 11.9 Å². The number of ketones is 1. The van der Waals surface area contributed by atoms with Gasteiger partial charge in [0.05, 0.1) is 27.2 Å². The molecule has 1 aliphatic rings. The molecule has 0 radical (unpaired) electrons. The fourth-order valence-corrected chi connectivity index (χ4v) is 2.99. The van der Waals surface area contributed by atoms with E-state index in [4.69, 9.17) is 18.9 Å². The lowest BCUT2D eigenvalue weighted by molar-refractivity contribution is -0.137. The molecule has 6 nitrogen and oxygen atoms in total. The molecule has 1 aliphatic carbocycles. The van der Waals surface area contributed by atoms with Gasteiger partial charge in [-0.25, -0.2) is 0 Å². The van der Waals surface area contributed by atoms with E-state index in [0.29, 0.717) is 40.6 Å². The van der Waals surface area contributed by atoms with Crippen molar-refractivity contribution in [2.24, 2.45) is 0 Å². The molecule has 1 atom stereocenters. The molecule has 1 unspecified atom stereocenters. The van der Waals surface area contributed by atoms with Crippen LogP contribution in [0.5, 0.6) is 17.2 Å². The summed E-state index contributed by atoms with van der Waals surface area (Å²) in [6.45, 7) is 4.98. The minimum Gasteiger partial charge on any atom is -0.496 e. The quantitative estimate of drug-likeness (QED) is 0.558. The van der Waals surface area contributed by atoms with Crippen molar-refractivity contribution in [1.82, 2.24) is 0 Å². The van der Waals surface area contributed by atoms with E-state index in [1.165, 1.54) is 28.3 Å². The summed E-state index contributed by atoms with van der Waals surface area (Å²) in [7, 11) is 4.57. The summed E-state index contributed by atoms with van der Waals surface area (Å²) in [4.78, 5) is 24.3. The van der Waals surface area contributed by atoms with Gasteiger partial charge in [-0.2, -0.15) is 0 Å². The highest BCUT2D eigenvalue weighted by molar-refractivity contribution is 6.04. The van der Waals surface area contributed by atoms with Gasteiger partial charge in [-0.05, 0) is 6.42 Å². The maximum absolute atomic E-state index is 12.9. The minimum absolute atomic E-state index is 0.127. The highest BCUT2D eigenvalue weighted by Crippen LogP contribution is 2.46. The predicted molar refractivity (Wildman–Crippen MR) is 92.1 cm³/mol. The number of methoxy groups -OCH3 is 3. The maximum Gasteiger partial charge on any atom is 0.307 e. The molecule has 1 aromatic rings. The van der Waals surface area contributed by atoms with Crippen LogP contribution in [0.2, 0.25) is 0 Å². The van der Waals surface area contributed by atoms with Crippen molar-refractivity contribution in [2.75, 3.05) is 21.3 Å². The summed E-state index contributed by atoms with van der Waals surface area (Å²) in [6.07, 6.45) is 2.21. The van der Waals surface area contributed by atoms with Crippen molar-refractivity contribution < 1.29 is 28.5 Å². The smallest absolute Gasteiger partial charge is 0.307 e. The molecular weight excluding hydrogens is 324 g/mol. The molecule has 0 heterocycles. The van der Waals surface area contributed by atoms with Gasteiger partial charge in [0, 0.05) is 36.6 Å². The molecule has 0 saturated carbocycles. The molecule has 0 saturated heterocycles. The molecule has 0 spiro atoms. The van der Waals surface area contributed by atoms with Crippen LogP contribution in [-0.2, 0) is 14.3 Å². The summed E-state index contributed by atoms with van der Waals surface area (Å²) in [6, 6.07) is 3.39. The summed E-state index contributed by atoms with van der Waals surface area (Å²) < 4.78 is 21.4. The van der Waals surface area contributed by atoms with E-state index in [9.17, 15) is 9.59 Å². The number of esters is 1. The third-order valence-corrected chi connectivity index (χ3v) is 4.06. The van der Waals surface area contributed by atoms with Gasteiger partial charge < -0.3 is 18.9 Å². The minimum atomic E-state index is -0.555. The zero-order chi connectivity index (χ0) is 18.6. The number of carbonyl (C=O) groups excluding carboxylic acids is 2. The largest absolute Gasteiger partial charge is 0.496 e. The van der Waals surface area contributed by atoms with Crippen molar-refractivity contribution in [3.05, 3.63) is 41.7 Å². The molecule has 0 amide bonds. The van der Waals surface area contributed by atoms with Crippen molar-refractivity contribution in [3.63, 3.8) is 0 Å². The summed E-state index contributed by atoms with van der Waals surface area (Å²) >= 11 is 0. The average molecular weight is 346 g/mol. The van der Waals surface area contributed by atoms with Gasteiger partial charge in [-0.15, -0.1) is 6.58 Å². The lowest BCUT2D eigenvalue weighted by Crippen LogP contribution is -2.11. The molecule has 6 heteroatoms.